The van der Waals surface area contributed by atoms with Crippen LogP contribution in [-0.4, -0.2) is 59.4 Å². The molecule has 0 aromatic carbocycles. The summed E-state index contributed by atoms with van der Waals surface area (Å²) in [6, 6.07) is 2.02. The van der Waals surface area contributed by atoms with E-state index in [1.54, 1.807) is 0 Å². The average Bonchev–Trinajstić information content (AvgIpc) is 3.39. The van der Waals surface area contributed by atoms with Crippen LogP contribution in [0.25, 0.3) is 0 Å². The molecule has 0 unspecified atom stereocenters. The van der Waals surface area contributed by atoms with Gasteiger partial charge in [-0.2, -0.15) is 18.2 Å². The molecule has 2 saturated heterocycles. The number of aromatic nitrogens is 4. The highest BCUT2D eigenvalue weighted by atomic mass is 32.1. The van der Waals surface area contributed by atoms with Crippen LogP contribution >= 0.6 is 11.3 Å². The van der Waals surface area contributed by atoms with E-state index in [2.05, 4.69) is 31.9 Å². The van der Waals surface area contributed by atoms with Crippen molar-refractivity contribution in [2.45, 2.75) is 32.4 Å². The van der Waals surface area contributed by atoms with E-state index >= 15 is 0 Å². The van der Waals surface area contributed by atoms with Crippen LogP contribution in [0.3, 0.4) is 0 Å². The maximum absolute atomic E-state index is 12.8. The summed E-state index contributed by atoms with van der Waals surface area (Å²) in [4.78, 5) is 15.7. The van der Waals surface area contributed by atoms with Crippen LogP contribution in [0.5, 0.6) is 0 Å². The second-order valence-corrected chi connectivity index (χ2v) is 7.88. The Morgan fingerprint density at radius 3 is 2.21 bits per heavy atom. The minimum absolute atomic E-state index is 0.321. The second kappa shape index (κ2) is 7.69. The Morgan fingerprint density at radius 1 is 0.929 bits per heavy atom. The Balaban J connectivity index is 1.46. The van der Waals surface area contributed by atoms with Crippen molar-refractivity contribution in [3.05, 3.63) is 16.8 Å². The molecule has 2 aromatic heterocycles. The monoisotopic (exact) mass is 413 g/mol. The lowest BCUT2D eigenvalue weighted by Crippen LogP contribution is -2.47. The second-order valence-electron chi connectivity index (χ2n) is 6.93. The lowest BCUT2D eigenvalue weighted by atomic mass is 10.2. The van der Waals surface area contributed by atoms with E-state index in [0.717, 1.165) is 49.8 Å². The number of piperazine rings is 1. The standard InChI is InChI=1S/C17H22F3N7S/c1-2-12-11-13(22-15(21-12)26-5-3-4-6-26)25-7-9-27(10-8-25)16-24-23-14(28-16)17(18,19)20/h11H,2-10H2,1H3. The number of hydrogen-bond acceptors (Lipinski definition) is 8. The summed E-state index contributed by atoms with van der Waals surface area (Å²) in [5.41, 5.74) is 1.01. The molecule has 0 spiro atoms. The predicted molar refractivity (Wildman–Crippen MR) is 102 cm³/mol. The van der Waals surface area contributed by atoms with Crippen LogP contribution in [0.15, 0.2) is 6.07 Å². The number of rotatable bonds is 4. The van der Waals surface area contributed by atoms with E-state index in [0.29, 0.717) is 42.6 Å². The summed E-state index contributed by atoms with van der Waals surface area (Å²) in [5.74, 6) is 1.68. The van der Waals surface area contributed by atoms with Crippen LogP contribution in [0.4, 0.5) is 30.1 Å². The minimum Gasteiger partial charge on any atom is -0.353 e. The molecule has 152 valence electrons. The van der Waals surface area contributed by atoms with Gasteiger partial charge in [-0.1, -0.05) is 18.3 Å². The highest BCUT2D eigenvalue weighted by molar-refractivity contribution is 7.15. The Morgan fingerprint density at radius 2 is 1.61 bits per heavy atom. The van der Waals surface area contributed by atoms with Crippen molar-refractivity contribution in [2.75, 3.05) is 54.0 Å². The van der Waals surface area contributed by atoms with Crippen molar-refractivity contribution < 1.29 is 13.2 Å². The lowest BCUT2D eigenvalue weighted by molar-refractivity contribution is -0.138. The quantitative estimate of drug-likeness (QED) is 0.764. The van der Waals surface area contributed by atoms with E-state index in [1.165, 1.54) is 0 Å². The summed E-state index contributed by atoms with van der Waals surface area (Å²) in [5, 5.41) is 6.42. The minimum atomic E-state index is -4.44. The van der Waals surface area contributed by atoms with Gasteiger partial charge in [0.1, 0.15) is 5.82 Å². The first-order valence-corrected chi connectivity index (χ1v) is 10.3. The summed E-state index contributed by atoms with van der Waals surface area (Å²) >= 11 is 0.597. The van der Waals surface area contributed by atoms with Gasteiger partial charge in [0.05, 0.1) is 0 Å². The third-order valence-electron chi connectivity index (χ3n) is 5.04. The SMILES string of the molecule is CCc1cc(N2CCN(c3nnc(C(F)(F)F)s3)CC2)nc(N2CCCC2)n1. The molecular weight excluding hydrogens is 391 g/mol. The molecule has 28 heavy (non-hydrogen) atoms. The van der Waals surface area contributed by atoms with Crippen LogP contribution in [-0.2, 0) is 12.6 Å². The smallest absolute Gasteiger partial charge is 0.353 e. The fourth-order valence-electron chi connectivity index (χ4n) is 3.46. The van der Waals surface area contributed by atoms with Crippen molar-refractivity contribution >= 4 is 28.2 Å². The van der Waals surface area contributed by atoms with Gasteiger partial charge in [-0.3, -0.25) is 0 Å². The number of halogens is 3. The molecular formula is C17H22F3N7S. The van der Waals surface area contributed by atoms with Gasteiger partial charge in [0.15, 0.2) is 0 Å². The molecule has 2 aromatic rings. The number of aryl methyl sites for hydroxylation is 1. The van der Waals surface area contributed by atoms with Crippen LogP contribution in [0.1, 0.15) is 30.5 Å². The molecule has 11 heteroatoms. The highest BCUT2D eigenvalue weighted by Gasteiger charge is 2.36. The van der Waals surface area contributed by atoms with Gasteiger partial charge in [-0.05, 0) is 19.3 Å². The molecule has 0 radical (unpaired) electrons. The average molecular weight is 413 g/mol. The van der Waals surface area contributed by atoms with E-state index in [4.69, 9.17) is 4.98 Å². The first-order chi connectivity index (χ1) is 13.4. The van der Waals surface area contributed by atoms with Gasteiger partial charge >= 0.3 is 6.18 Å². The summed E-state index contributed by atoms with van der Waals surface area (Å²) in [6.45, 7) is 6.54. The molecule has 2 aliphatic heterocycles. The van der Waals surface area contributed by atoms with Gasteiger partial charge in [-0.25, -0.2) is 4.98 Å². The van der Waals surface area contributed by atoms with Crippen LogP contribution in [0.2, 0.25) is 0 Å². The van der Waals surface area contributed by atoms with Gasteiger partial charge < -0.3 is 14.7 Å². The molecule has 0 atom stereocenters. The normalized spacial score (nSPS) is 18.2. The largest absolute Gasteiger partial charge is 0.445 e. The molecule has 4 rings (SSSR count). The Labute approximate surface area is 165 Å². The predicted octanol–water partition coefficient (Wildman–Crippen LogP) is 2.84. The molecule has 4 heterocycles. The first-order valence-electron chi connectivity index (χ1n) is 9.47. The summed E-state index contributed by atoms with van der Waals surface area (Å²) in [6.07, 6.45) is -1.28. The molecule has 0 amide bonds. The molecule has 0 bridgehead atoms. The van der Waals surface area contributed by atoms with E-state index in [-0.39, 0.29) is 0 Å². The van der Waals surface area contributed by atoms with Gasteiger partial charge in [0.25, 0.3) is 0 Å². The van der Waals surface area contributed by atoms with Crippen LogP contribution in [0, 0.1) is 0 Å². The molecule has 2 fully saturated rings. The number of nitrogens with zero attached hydrogens (tertiary/aromatic N) is 7. The Bertz CT molecular complexity index is 811. The van der Waals surface area contributed by atoms with Crippen molar-refractivity contribution in [1.29, 1.82) is 0 Å². The van der Waals surface area contributed by atoms with Crippen molar-refractivity contribution in [3.8, 4) is 0 Å². The molecule has 0 N–H and O–H groups in total. The third kappa shape index (κ3) is 3.98. The summed E-state index contributed by atoms with van der Waals surface area (Å²) < 4.78 is 38.3. The lowest BCUT2D eigenvalue weighted by Gasteiger charge is -2.35. The zero-order chi connectivity index (χ0) is 19.7. The Kier molecular flexibility index (Phi) is 5.26. The van der Waals surface area contributed by atoms with Crippen molar-refractivity contribution in [2.24, 2.45) is 0 Å². The highest BCUT2D eigenvalue weighted by Crippen LogP contribution is 2.34. The van der Waals surface area contributed by atoms with E-state index in [9.17, 15) is 13.2 Å². The Hall–Kier alpha value is -2.17. The van der Waals surface area contributed by atoms with Crippen LogP contribution < -0.4 is 14.7 Å². The number of anilines is 3. The van der Waals surface area contributed by atoms with E-state index < -0.39 is 11.2 Å². The number of hydrogen-bond donors (Lipinski definition) is 0. The zero-order valence-electron chi connectivity index (χ0n) is 15.6. The molecule has 0 aliphatic carbocycles. The number of alkyl halides is 3. The first kappa shape index (κ1) is 19.2. The van der Waals surface area contributed by atoms with Crippen molar-refractivity contribution in [3.63, 3.8) is 0 Å². The van der Waals surface area contributed by atoms with Gasteiger partial charge in [0, 0.05) is 51.0 Å². The molecule has 7 nitrogen and oxygen atoms in total. The maximum atomic E-state index is 12.8. The van der Waals surface area contributed by atoms with Crippen molar-refractivity contribution in [1.82, 2.24) is 20.2 Å². The zero-order valence-corrected chi connectivity index (χ0v) is 16.4. The fraction of sp³-hybridized carbons (Fsp3) is 0.647. The third-order valence-corrected chi connectivity index (χ3v) is 6.06. The molecule has 0 saturated carbocycles. The van der Waals surface area contributed by atoms with Gasteiger partial charge in [0.2, 0.25) is 16.1 Å². The van der Waals surface area contributed by atoms with Gasteiger partial charge in [-0.15, -0.1) is 10.2 Å². The molecule has 2 aliphatic rings. The van der Waals surface area contributed by atoms with E-state index in [1.807, 2.05) is 11.0 Å². The summed E-state index contributed by atoms with van der Waals surface area (Å²) in [7, 11) is 0. The topological polar surface area (TPSA) is 61.3 Å². The maximum Gasteiger partial charge on any atom is 0.445 e. The fourth-order valence-corrected chi connectivity index (χ4v) is 4.22.